The van der Waals surface area contributed by atoms with E-state index >= 15 is 4.39 Å². The van der Waals surface area contributed by atoms with Crippen molar-refractivity contribution < 1.29 is 23.4 Å². The number of epoxide rings is 2. The summed E-state index contributed by atoms with van der Waals surface area (Å²) in [5.41, 5.74) is 0.619. The normalized spacial score (nSPS) is 58.0. The molecule has 0 aromatic heterocycles. The molecule has 2 saturated carbocycles. The fourth-order valence-electron chi connectivity index (χ4n) is 7.22. The van der Waals surface area contributed by atoms with Crippen molar-refractivity contribution in [2.75, 3.05) is 6.61 Å². The van der Waals surface area contributed by atoms with Crippen LogP contribution >= 0.6 is 0 Å². The van der Waals surface area contributed by atoms with Gasteiger partial charge in [-0.1, -0.05) is 20.8 Å². The van der Waals surface area contributed by atoms with Gasteiger partial charge in [0, 0.05) is 11.0 Å². The number of hydrogen-bond donors (Lipinski definition) is 0. The molecule has 3 aliphatic carbocycles. The zero-order valence-electron chi connectivity index (χ0n) is 15.0. The fourth-order valence-corrected chi connectivity index (χ4v) is 7.22. The fraction of sp³-hybridized carbons (Fsp3) is 0.850. The van der Waals surface area contributed by atoms with Crippen molar-refractivity contribution >= 4 is 5.97 Å². The summed E-state index contributed by atoms with van der Waals surface area (Å²) in [4.78, 5) is 12.0. The maximum absolute atomic E-state index is 15.7. The number of alkyl halides is 1. The van der Waals surface area contributed by atoms with Gasteiger partial charge in [0.15, 0.2) is 5.60 Å². The highest BCUT2D eigenvalue weighted by molar-refractivity contribution is 5.92. The minimum absolute atomic E-state index is 0.0144. The standard InChI is InChI=1S/C20H25FO4/c1-9(2)11-6-15-20(25-15)18(3)5-4-10-12(8-23-17(10)22)13(18)7-14-19(20,24-14)16(11)21/h9,11,13-16H,4-8H2,1-3H3/t11?,13?,14-,15-,16-,18-,19+,20+/m0/s1. The van der Waals surface area contributed by atoms with Crippen molar-refractivity contribution in [3.63, 3.8) is 0 Å². The van der Waals surface area contributed by atoms with Crippen molar-refractivity contribution in [1.82, 2.24) is 0 Å². The van der Waals surface area contributed by atoms with Crippen molar-refractivity contribution in [2.45, 2.75) is 76.0 Å². The van der Waals surface area contributed by atoms with Crippen LogP contribution in [0.25, 0.3) is 0 Å². The molecule has 5 heteroatoms. The molecular weight excluding hydrogens is 323 g/mol. The van der Waals surface area contributed by atoms with E-state index < -0.39 is 17.4 Å². The van der Waals surface area contributed by atoms with Gasteiger partial charge in [-0.05, 0) is 49.0 Å². The number of carbonyl (C=O) groups is 1. The SMILES string of the molecule is CC(C)C1C[C@@H]2O[C@]23[C@]2(O[C@H]2CC2C4=C(CC[C@@]23C)C(=O)OC4)[C@H]1F. The van der Waals surface area contributed by atoms with E-state index in [1.54, 1.807) is 0 Å². The second-order valence-corrected chi connectivity index (χ2v) is 9.57. The van der Waals surface area contributed by atoms with Crippen LogP contribution in [0.4, 0.5) is 4.39 Å². The number of rotatable bonds is 1. The second-order valence-electron chi connectivity index (χ2n) is 9.57. The summed E-state index contributed by atoms with van der Waals surface area (Å²) >= 11 is 0. The summed E-state index contributed by atoms with van der Waals surface area (Å²) in [5, 5.41) is 0. The molecule has 0 N–H and O–H groups in total. The number of cyclic esters (lactones) is 1. The number of hydrogen-bond acceptors (Lipinski definition) is 4. The summed E-state index contributed by atoms with van der Waals surface area (Å²) in [5.74, 6) is 0.378. The first kappa shape index (κ1) is 15.2. The Kier molecular flexibility index (Phi) is 2.51. The second kappa shape index (κ2) is 4.14. The van der Waals surface area contributed by atoms with Gasteiger partial charge in [-0.2, -0.15) is 0 Å². The lowest BCUT2D eigenvalue weighted by Crippen LogP contribution is -2.65. The summed E-state index contributed by atoms with van der Waals surface area (Å²) in [6.07, 6.45) is 2.25. The van der Waals surface area contributed by atoms with Gasteiger partial charge >= 0.3 is 5.97 Å². The van der Waals surface area contributed by atoms with Crippen molar-refractivity contribution in [3.8, 4) is 0 Å². The molecule has 2 spiro atoms. The first-order chi connectivity index (χ1) is 11.9. The van der Waals surface area contributed by atoms with Crippen LogP contribution in [0.1, 0.15) is 46.5 Å². The molecule has 4 nitrogen and oxygen atoms in total. The Bertz CT molecular complexity index is 731. The maximum atomic E-state index is 15.7. The summed E-state index contributed by atoms with van der Waals surface area (Å²) in [7, 11) is 0. The zero-order chi connectivity index (χ0) is 17.4. The van der Waals surface area contributed by atoms with Crippen LogP contribution < -0.4 is 0 Å². The number of ether oxygens (including phenoxy) is 3. The van der Waals surface area contributed by atoms with Gasteiger partial charge in [-0.3, -0.25) is 0 Å². The number of fused-ring (bicyclic) bond motifs is 2. The van der Waals surface area contributed by atoms with Gasteiger partial charge in [-0.15, -0.1) is 0 Å². The number of esters is 1. The third kappa shape index (κ3) is 1.38. The van der Waals surface area contributed by atoms with Gasteiger partial charge in [0.05, 0.1) is 12.2 Å². The van der Waals surface area contributed by atoms with Crippen molar-refractivity contribution in [3.05, 3.63) is 11.1 Å². The van der Waals surface area contributed by atoms with Crippen LogP contribution in [0.15, 0.2) is 11.1 Å². The molecule has 0 radical (unpaired) electrons. The third-order valence-electron chi connectivity index (χ3n) is 8.57. The average molecular weight is 348 g/mol. The Hall–Kier alpha value is -0.940. The number of carbonyl (C=O) groups excluding carboxylic acids is 1. The maximum Gasteiger partial charge on any atom is 0.334 e. The topological polar surface area (TPSA) is 51.4 Å². The Morgan fingerprint density at radius 2 is 2.00 bits per heavy atom. The summed E-state index contributed by atoms with van der Waals surface area (Å²) in [6, 6.07) is 0. The lowest BCUT2D eigenvalue weighted by atomic mass is 9.47. The molecule has 0 aromatic rings. The predicted octanol–water partition coefficient (Wildman–Crippen LogP) is 2.95. The van der Waals surface area contributed by atoms with Gasteiger partial charge in [0.25, 0.3) is 0 Å². The molecule has 25 heavy (non-hydrogen) atoms. The van der Waals surface area contributed by atoms with E-state index in [1.807, 2.05) is 0 Å². The van der Waals surface area contributed by atoms with Crippen LogP contribution in [0, 0.1) is 23.2 Å². The van der Waals surface area contributed by atoms with E-state index in [9.17, 15) is 4.79 Å². The van der Waals surface area contributed by atoms with E-state index in [0.717, 1.165) is 36.8 Å². The van der Waals surface area contributed by atoms with Crippen molar-refractivity contribution in [2.24, 2.45) is 23.2 Å². The minimum atomic E-state index is -0.953. The molecule has 6 aliphatic rings. The molecule has 0 amide bonds. The first-order valence-electron chi connectivity index (χ1n) is 9.75. The molecule has 6 rings (SSSR count). The summed E-state index contributed by atoms with van der Waals surface area (Å²) in [6.45, 7) is 6.87. The zero-order valence-corrected chi connectivity index (χ0v) is 15.0. The molecule has 4 fully saturated rings. The van der Waals surface area contributed by atoms with E-state index in [2.05, 4.69) is 20.8 Å². The molecule has 8 atom stereocenters. The molecule has 2 unspecified atom stereocenters. The average Bonchev–Trinajstić information content (AvgIpc) is 3.44. The third-order valence-corrected chi connectivity index (χ3v) is 8.57. The van der Waals surface area contributed by atoms with Crippen molar-refractivity contribution in [1.29, 1.82) is 0 Å². The van der Waals surface area contributed by atoms with Crippen LogP contribution in [0.2, 0.25) is 0 Å². The van der Waals surface area contributed by atoms with E-state index in [0.29, 0.717) is 12.5 Å². The largest absolute Gasteiger partial charge is 0.458 e. The van der Waals surface area contributed by atoms with Crippen LogP contribution in [0.3, 0.4) is 0 Å². The molecule has 2 saturated heterocycles. The lowest BCUT2D eigenvalue weighted by Gasteiger charge is -2.53. The Balaban J connectivity index is 1.46. The van der Waals surface area contributed by atoms with Gasteiger partial charge in [0.1, 0.15) is 18.4 Å². The Morgan fingerprint density at radius 1 is 1.20 bits per heavy atom. The highest BCUT2D eigenvalue weighted by Gasteiger charge is 2.93. The highest BCUT2D eigenvalue weighted by Crippen LogP contribution is 2.79. The van der Waals surface area contributed by atoms with E-state index in [1.165, 1.54) is 0 Å². The van der Waals surface area contributed by atoms with E-state index in [4.69, 9.17) is 14.2 Å². The first-order valence-corrected chi connectivity index (χ1v) is 9.75. The molecule has 136 valence electrons. The Labute approximate surface area is 147 Å². The van der Waals surface area contributed by atoms with Crippen LogP contribution in [-0.4, -0.2) is 42.2 Å². The smallest absolute Gasteiger partial charge is 0.334 e. The monoisotopic (exact) mass is 348 g/mol. The number of halogens is 1. The van der Waals surface area contributed by atoms with Gasteiger partial charge in [-0.25, -0.2) is 9.18 Å². The Morgan fingerprint density at radius 3 is 2.76 bits per heavy atom. The van der Waals surface area contributed by atoms with Gasteiger partial charge in [0.2, 0.25) is 0 Å². The minimum Gasteiger partial charge on any atom is -0.458 e. The molecule has 3 aliphatic heterocycles. The molecule has 0 bridgehead atoms. The summed E-state index contributed by atoms with van der Waals surface area (Å²) < 4.78 is 33.6. The molecule has 3 heterocycles. The molecular formula is C20H25FO4. The lowest BCUT2D eigenvalue weighted by molar-refractivity contribution is -0.136. The van der Waals surface area contributed by atoms with Gasteiger partial charge < -0.3 is 14.2 Å². The molecule has 0 aromatic carbocycles. The van der Waals surface area contributed by atoms with E-state index in [-0.39, 0.29) is 35.4 Å². The van der Waals surface area contributed by atoms with Crippen LogP contribution in [0.5, 0.6) is 0 Å². The predicted molar refractivity (Wildman–Crippen MR) is 86.5 cm³/mol. The quantitative estimate of drug-likeness (QED) is 0.540. The van der Waals surface area contributed by atoms with Crippen LogP contribution in [-0.2, 0) is 19.0 Å². The highest BCUT2D eigenvalue weighted by atomic mass is 19.1.